The van der Waals surface area contributed by atoms with E-state index in [2.05, 4.69) is 15.3 Å². The van der Waals surface area contributed by atoms with E-state index >= 15 is 0 Å². The molecular formula is C33H23ClN4O4. The highest BCUT2D eigenvalue weighted by atomic mass is 35.5. The smallest absolute Gasteiger partial charge is 0.409 e. The molecule has 9 heteroatoms. The van der Waals surface area contributed by atoms with Gasteiger partial charge >= 0.3 is 6.09 Å². The Hall–Kier alpha value is -5.08. The van der Waals surface area contributed by atoms with Crippen molar-refractivity contribution in [2.75, 3.05) is 22.6 Å². The molecule has 206 valence electrons. The fourth-order valence-corrected chi connectivity index (χ4v) is 6.56. The molecule has 6 aromatic rings. The molecule has 8 nitrogen and oxygen atoms in total. The van der Waals surface area contributed by atoms with Crippen molar-refractivity contribution in [3.63, 3.8) is 0 Å². The molecule has 2 aliphatic heterocycles. The summed E-state index contributed by atoms with van der Waals surface area (Å²) in [5, 5.41) is 6.30. The number of Topliss-reactive ketones (excluding diaryl/α,β-unsaturated/α-hetero) is 1. The van der Waals surface area contributed by atoms with Gasteiger partial charge in [-0.3, -0.25) is 14.9 Å². The standard InChI is InChI=1S/C33H23ClN4O4/c34-15-20-16-38(27-14-29-31-21(30(20)27)5-3-7-24(31)37-33(41)42-29)32(40)26-13-19-10-17(8-9-23(19)36-26)11-28(39)25-12-18-4-1-2-6-22(18)35-25/h1-10,12-14,20,35-36H,11,15-16H2,(H,37,41)/t20-/m1/s1. The Morgan fingerprint density at radius 2 is 1.71 bits per heavy atom. The summed E-state index contributed by atoms with van der Waals surface area (Å²) >= 11 is 6.42. The first-order chi connectivity index (χ1) is 20.5. The molecule has 0 fully saturated rings. The van der Waals surface area contributed by atoms with Crippen molar-refractivity contribution in [2.45, 2.75) is 12.3 Å². The summed E-state index contributed by atoms with van der Waals surface area (Å²) in [6.45, 7) is 0.404. The first-order valence-electron chi connectivity index (χ1n) is 13.7. The molecule has 3 N–H and O–H groups in total. The fraction of sp³-hybridized carbons (Fsp3) is 0.121. The summed E-state index contributed by atoms with van der Waals surface area (Å²) in [6, 6.07) is 24.7. The van der Waals surface area contributed by atoms with Crippen LogP contribution in [0.15, 0.2) is 78.9 Å². The first kappa shape index (κ1) is 24.7. The number of halogens is 1. The van der Waals surface area contributed by atoms with Crippen molar-refractivity contribution in [2.24, 2.45) is 0 Å². The zero-order chi connectivity index (χ0) is 28.5. The van der Waals surface area contributed by atoms with E-state index in [0.29, 0.717) is 40.9 Å². The number of benzene rings is 4. The molecular weight excluding hydrogens is 552 g/mol. The van der Waals surface area contributed by atoms with Crippen LogP contribution in [0, 0.1) is 0 Å². The van der Waals surface area contributed by atoms with Gasteiger partial charge in [0.05, 0.1) is 17.1 Å². The topological polar surface area (TPSA) is 107 Å². The van der Waals surface area contributed by atoms with E-state index in [0.717, 1.165) is 43.7 Å². The number of nitrogens with one attached hydrogen (secondary N) is 3. The third-order valence-corrected chi connectivity index (χ3v) is 8.60. The highest BCUT2D eigenvalue weighted by Crippen LogP contribution is 2.49. The van der Waals surface area contributed by atoms with Crippen LogP contribution in [0.2, 0.25) is 0 Å². The van der Waals surface area contributed by atoms with Crippen molar-refractivity contribution >= 4 is 73.3 Å². The Kier molecular flexibility index (Phi) is 5.42. The molecule has 4 heterocycles. The number of carbonyl (C=O) groups excluding carboxylic acids is 3. The molecule has 0 aliphatic carbocycles. The summed E-state index contributed by atoms with van der Waals surface area (Å²) in [5.41, 5.74) is 5.90. The quantitative estimate of drug-likeness (QED) is 0.150. The summed E-state index contributed by atoms with van der Waals surface area (Å²) in [7, 11) is 0. The average molecular weight is 575 g/mol. The van der Waals surface area contributed by atoms with Crippen molar-refractivity contribution < 1.29 is 19.1 Å². The summed E-state index contributed by atoms with van der Waals surface area (Å²) in [5.74, 6) is 0.451. The highest BCUT2D eigenvalue weighted by molar-refractivity contribution is 6.20. The Morgan fingerprint density at radius 3 is 2.57 bits per heavy atom. The van der Waals surface area contributed by atoms with E-state index in [1.165, 1.54) is 0 Å². The van der Waals surface area contributed by atoms with Gasteiger partial charge in [-0.2, -0.15) is 0 Å². The van der Waals surface area contributed by atoms with Crippen LogP contribution in [0.5, 0.6) is 5.75 Å². The number of amides is 2. The van der Waals surface area contributed by atoms with Crippen LogP contribution >= 0.6 is 11.6 Å². The molecule has 2 amide bonds. The predicted molar refractivity (Wildman–Crippen MR) is 163 cm³/mol. The summed E-state index contributed by atoms with van der Waals surface area (Å²) < 4.78 is 5.52. The Balaban J connectivity index is 1.12. The normalized spacial score (nSPS) is 15.7. The maximum atomic E-state index is 13.9. The lowest BCUT2D eigenvalue weighted by molar-refractivity contribution is 0.0978. The summed E-state index contributed by atoms with van der Waals surface area (Å²) in [6.07, 6.45) is -0.325. The van der Waals surface area contributed by atoms with Gasteiger partial charge in [0.2, 0.25) is 0 Å². The Labute approximate surface area is 244 Å². The first-order valence-corrected chi connectivity index (χ1v) is 14.2. The number of ether oxygens (including phenoxy) is 1. The number of alkyl halides is 1. The zero-order valence-electron chi connectivity index (χ0n) is 22.2. The molecule has 0 spiro atoms. The number of ketones is 1. The third-order valence-electron chi connectivity index (χ3n) is 8.23. The summed E-state index contributed by atoms with van der Waals surface area (Å²) in [4.78, 5) is 47.3. The van der Waals surface area contributed by atoms with Gasteiger partial charge in [-0.1, -0.05) is 36.4 Å². The molecule has 0 saturated carbocycles. The number of aromatic amines is 2. The molecule has 2 aliphatic rings. The van der Waals surface area contributed by atoms with Gasteiger partial charge in [-0.25, -0.2) is 4.79 Å². The van der Waals surface area contributed by atoms with E-state index < -0.39 is 6.09 Å². The lowest BCUT2D eigenvalue weighted by Gasteiger charge is -2.22. The van der Waals surface area contributed by atoms with Gasteiger partial charge in [0, 0.05) is 58.0 Å². The van der Waals surface area contributed by atoms with Gasteiger partial charge in [0.1, 0.15) is 11.4 Å². The van der Waals surface area contributed by atoms with Gasteiger partial charge in [-0.15, -0.1) is 11.6 Å². The van der Waals surface area contributed by atoms with E-state index in [1.54, 1.807) is 11.0 Å². The minimum absolute atomic E-state index is 0.00609. The van der Waals surface area contributed by atoms with Gasteiger partial charge in [0.15, 0.2) is 5.78 Å². The minimum atomic E-state index is -0.561. The van der Waals surface area contributed by atoms with Crippen LogP contribution in [-0.4, -0.2) is 40.2 Å². The molecule has 0 radical (unpaired) electrons. The molecule has 2 aromatic heterocycles. The number of nitrogens with zero attached hydrogens (tertiary/aromatic N) is 1. The predicted octanol–water partition coefficient (Wildman–Crippen LogP) is 7.13. The third kappa shape index (κ3) is 3.79. The van der Waals surface area contributed by atoms with Gasteiger partial charge in [-0.05, 0) is 52.9 Å². The number of carbonyl (C=O) groups is 3. The maximum absolute atomic E-state index is 13.9. The van der Waals surface area contributed by atoms with Crippen LogP contribution in [0.4, 0.5) is 16.2 Å². The number of fused-ring (bicyclic) bond motifs is 4. The number of rotatable bonds is 5. The highest BCUT2D eigenvalue weighted by Gasteiger charge is 2.37. The molecule has 4 aromatic carbocycles. The molecule has 0 bridgehead atoms. The van der Waals surface area contributed by atoms with Crippen LogP contribution < -0.4 is 15.0 Å². The van der Waals surface area contributed by atoms with Crippen molar-refractivity contribution in [1.82, 2.24) is 9.97 Å². The van der Waals surface area contributed by atoms with E-state index in [4.69, 9.17) is 16.3 Å². The van der Waals surface area contributed by atoms with Crippen LogP contribution in [0.25, 0.3) is 32.6 Å². The van der Waals surface area contributed by atoms with Crippen LogP contribution in [-0.2, 0) is 6.42 Å². The fourth-order valence-electron chi connectivity index (χ4n) is 6.31. The lowest BCUT2D eigenvalue weighted by Crippen LogP contribution is -2.30. The van der Waals surface area contributed by atoms with Crippen molar-refractivity contribution in [3.8, 4) is 5.75 Å². The number of para-hydroxylation sites is 1. The molecule has 8 rings (SSSR count). The number of hydrogen-bond acceptors (Lipinski definition) is 4. The Morgan fingerprint density at radius 1 is 0.905 bits per heavy atom. The number of anilines is 2. The van der Waals surface area contributed by atoms with E-state index in [9.17, 15) is 14.4 Å². The molecule has 1 atom stereocenters. The van der Waals surface area contributed by atoms with Crippen molar-refractivity contribution in [1.29, 1.82) is 0 Å². The number of H-pyrrole nitrogens is 2. The van der Waals surface area contributed by atoms with Crippen molar-refractivity contribution in [3.05, 3.63) is 101 Å². The van der Waals surface area contributed by atoms with E-state index in [1.807, 2.05) is 72.8 Å². The molecule has 0 saturated heterocycles. The van der Waals surface area contributed by atoms with Crippen LogP contribution in [0.1, 0.15) is 38.0 Å². The second kappa shape index (κ2) is 9.22. The lowest BCUT2D eigenvalue weighted by atomic mass is 9.94. The van der Waals surface area contributed by atoms with Gasteiger partial charge in [0.25, 0.3) is 5.91 Å². The maximum Gasteiger partial charge on any atom is 0.417 e. The monoisotopic (exact) mass is 574 g/mol. The average Bonchev–Trinajstić information content (AvgIpc) is 3.71. The van der Waals surface area contributed by atoms with Crippen LogP contribution in [0.3, 0.4) is 0 Å². The SMILES string of the molecule is O=C1Nc2cccc3c4c(cc(c23)O1)N(C(=O)c1cc2cc(CC(=O)c3cc5ccccc5[nH]3)ccc2[nH]1)C[C@H]4CCl. The molecule has 0 unspecified atom stereocenters. The zero-order valence-corrected chi connectivity index (χ0v) is 22.9. The molecule has 42 heavy (non-hydrogen) atoms. The minimum Gasteiger partial charge on any atom is -0.409 e. The van der Waals surface area contributed by atoms with Gasteiger partial charge < -0.3 is 19.6 Å². The number of aromatic nitrogens is 2. The second-order valence-electron chi connectivity index (χ2n) is 10.8. The largest absolute Gasteiger partial charge is 0.417 e. The number of hydrogen-bond donors (Lipinski definition) is 3. The van der Waals surface area contributed by atoms with E-state index in [-0.39, 0.29) is 24.0 Å². The second-order valence-corrected chi connectivity index (χ2v) is 11.1. The Bertz CT molecular complexity index is 2090.